The summed E-state index contributed by atoms with van der Waals surface area (Å²) >= 11 is 5.55. The molecule has 0 saturated heterocycles. The zero-order valence-electron chi connectivity index (χ0n) is 10.3. The highest BCUT2D eigenvalue weighted by atomic mass is 35.5. The van der Waals surface area contributed by atoms with Crippen molar-refractivity contribution in [2.45, 2.75) is 30.6 Å². The van der Waals surface area contributed by atoms with E-state index in [1.165, 1.54) is 12.1 Å². The molecule has 1 rings (SSSR count). The monoisotopic (exact) mass is 289 g/mol. The molecule has 0 aliphatic rings. The number of unbranched alkanes of at least 4 members (excludes halogenated alkanes) is 3. The second-order valence-electron chi connectivity index (χ2n) is 4.02. The van der Waals surface area contributed by atoms with Crippen LogP contribution in [-0.2, 0) is 14.3 Å². The van der Waals surface area contributed by atoms with Crippen LogP contribution in [-0.4, -0.2) is 20.9 Å². The van der Waals surface area contributed by atoms with Gasteiger partial charge in [-0.2, -0.15) is 8.42 Å². The Balaban J connectivity index is 2.38. The van der Waals surface area contributed by atoms with Crippen LogP contribution >= 0.6 is 11.6 Å². The fourth-order valence-electron chi connectivity index (χ4n) is 1.44. The normalized spacial score (nSPS) is 11.6. The van der Waals surface area contributed by atoms with Gasteiger partial charge in [-0.1, -0.05) is 12.8 Å². The van der Waals surface area contributed by atoms with Gasteiger partial charge in [-0.05, 0) is 12.8 Å². The smallest absolute Gasteiger partial charge is 0.266 e. The van der Waals surface area contributed by atoms with Gasteiger partial charge in [0, 0.05) is 37.1 Å². The van der Waals surface area contributed by atoms with Gasteiger partial charge >= 0.3 is 0 Å². The maximum absolute atomic E-state index is 11.8. The van der Waals surface area contributed by atoms with E-state index >= 15 is 0 Å². The molecule has 0 aromatic heterocycles. The summed E-state index contributed by atoms with van der Waals surface area (Å²) in [4.78, 5) is 0.177. The van der Waals surface area contributed by atoms with Crippen LogP contribution in [0.1, 0.15) is 31.2 Å². The first kappa shape index (κ1) is 15.3. The van der Waals surface area contributed by atoms with Crippen molar-refractivity contribution in [3.8, 4) is 0 Å². The van der Waals surface area contributed by atoms with E-state index in [1.54, 1.807) is 12.1 Å². The fourth-order valence-corrected chi connectivity index (χ4v) is 2.57. The minimum absolute atomic E-state index is 0.177. The molecule has 0 aliphatic heterocycles. The van der Waals surface area contributed by atoms with Gasteiger partial charge in [-0.3, -0.25) is 4.18 Å². The third-order valence-corrected chi connectivity index (χ3v) is 4.07. The Hall–Kier alpha value is -0.710. The molecule has 0 aliphatic carbocycles. The van der Waals surface area contributed by atoms with Crippen molar-refractivity contribution in [2.24, 2.45) is 0 Å². The summed E-state index contributed by atoms with van der Waals surface area (Å²) in [6.07, 6.45) is 3.62. The summed E-state index contributed by atoms with van der Waals surface area (Å²) in [5.41, 5.74) is 0.773. The van der Waals surface area contributed by atoms with Crippen LogP contribution in [0.2, 0.25) is 0 Å². The zero-order chi connectivity index (χ0) is 13.4. The summed E-state index contributed by atoms with van der Waals surface area (Å²) in [6.45, 7) is 3.92. The van der Waals surface area contributed by atoms with E-state index in [4.69, 9.17) is 15.8 Å². The van der Waals surface area contributed by atoms with E-state index in [0.717, 1.165) is 31.2 Å². The maximum atomic E-state index is 11.8. The first-order chi connectivity index (χ1) is 8.56. The van der Waals surface area contributed by atoms with Gasteiger partial charge in [-0.25, -0.2) is 0 Å². The van der Waals surface area contributed by atoms with Crippen LogP contribution in [0.5, 0.6) is 0 Å². The van der Waals surface area contributed by atoms with Gasteiger partial charge in [0.15, 0.2) is 0 Å². The third kappa shape index (κ3) is 5.29. The van der Waals surface area contributed by atoms with Crippen molar-refractivity contribution in [3.63, 3.8) is 0 Å². The Morgan fingerprint density at radius 3 is 2.28 bits per heavy atom. The third-order valence-electron chi connectivity index (χ3n) is 2.48. The van der Waals surface area contributed by atoms with Crippen LogP contribution < -0.4 is 0 Å². The molecule has 1 aromatic carbocycles. The molecule has 0 bridgehead atoms. The number of halogens is 1. The standard InChI is InChI=1S/C13H18ClO3S/c1-12-6-8-13(9-7-12)18(15,16)17-11-5-3-2-4-10-14/h6-9H,1-5,10-11H2/q+1. The lowest BCUT2D eigenvalue weighted by Crippen LogP contribution is -2.07. The van der Waals surface area contributed by atoms with E-state index in [1.807, 2.05) is 0 Å². The molecule has 0 N–H and O–H groups in total. The molecule has 0 fully saturated rings. The lowest BCUT2D eigenvalue weighted by molar-refractivity contribution is 0.307. The molecule has 1 aromatic rings. The van der Waals surface area contributed by atoms with Gasteiger partial charge in [0.05, 0.1) is 6.61 Å². The largest absolute Gasteiger partial charge is 0.299 e. The van der Waals surface area contributed by atoms with Gasteiger partial charge in [0.2, 0.25) is 0 Å². The Morgan fingerprint density at radius 2 is 1.67 bits per heavy atom. The number of hydrogen-bond acceptors (Lipinski definition) is 3. The van der Waals surface area contributed by atoms with Crippen molar-refractivity contribution >= 4 is 21.7 Å². The second kappa shape index (κ2) is 7.67. The molecule has 0 amide bonds. The first-order valence-corrected chi connectivity index (χ1v) is 7.88. The highest BCUT2D eigenvalue weighted by Gasteiger charge is 2.16. The van der Waals surface area contributed by atoms with Crippen molar-refractivity contribution in [1.29, 1.82) is 0 Å². The van der Waals surface area contributed by atoms with Crippen LogP contribution in [0.25, 0.3) is 0 Å². The number of benzene rings is 1. The molecule has 0 saturated carbocycles. The molecule has 100 valence electrons. The summed E-state index contributed by atoms with van der Waals surface area (Å²) in [7, 11) is -3.62. The van der Waals surface area contributed by atoms with Crippen LogP contribution in [0.4, 0.5) is 0 Å². The van der Waals surface area contributed by atoms with E-state index in [2.05, 4.69) is 6.92 Å². The maximum Gasteiger partial charge on any atom is 0.299 e. The molecular formula is C13H18ClO3S+. The molecule has 18 heavy (non-hydrogen) atoms. The average Bonchev–Trinajstić information content (AvgIpc) is 2.34. The minimum Gasteiger partial charge on any atom is -0.266 e. The Bertz CT molecular complexity index is 440. The summed E-state index contributed by atoms with van der Waals surface area (Å²) in [5, 5.41) is 0. The number of rotatable bonds is 8. The number of hydrogen-bond donors (Lipinski definition) is 0. The predicted molar refractivity (Wildman–Crippen MR) is 73.2 cm³/mol. The summed E-state index contributed by atoms with van der Waals surface area (Å²) < 4.78 is 28.5. The lowest BCUT2D eigenvalue weighted by Gasteiger charge is -2.04. The van der Waals surface area contributed by atoms with E-state index in [0.29, 0.717) is 5.88 Å². The molecule has 0 spiro atoms. The number of alkyl halides is 1. The average molecular weight is 290 g/mol. The Morgan fingerprint density at radius 1 is 1.06 bits per heavy atom. The SMILES string of the molecule is [CH2+]c1ccc(S(=O)(=O)OCCCCCCCl)cc1. The molecule has 3 nitrogen and oxygen atoms in total. The van der Waals surface area contributed by atoms with Crippen LogP contribution in [0.15, 0.2) is 29.2 Å². The fraction of sp³-hybridized carbons (Fsp3) is 0.462. The highest BCUT2D eigenvalue weighted by molar-refractivity contribution is 7.86. The molecule has 0 atom stereocenters. The molecule has 0 unspecified atom stereocenters. The Labute approximate surface area is 114 Å². The van der Waals surface area contributed by atoms with Crippen molar-refractivity contribution < 1.29 is 12.6 Å². The molecule has 5 heteroatoms. The summed E-state index contributed by atoms with van der Waals surface area (Å²) in [5.74, 6) is 0.649. The minimum atomic E-state index is -3.62. The van der Waals surface area contributed by atoms with Crippen molar-refractivity contribution in [3.05, 3.63) is 36.8 Å². The van der Waals surface area contributed by atoms with Crippen LogP contribution in [0, 0.1) is 6.92 Å². The Kier molecular flexibility index (Phi) is 6.54. The first-order valence-electron chi connectivity index (χ1n) is 5.93. The second-order valence-corrected chi connectivity index (χ2v) is 6.02. The van der Waals surface area contributed by atoms with E-state index in [9.17, 15) is 8.42 Å². The van der Waals surface area contributed by atoms with Crippen molar-refractivity contribution in [1.82, 2.24) is 0 Å². The highest BCUT2D eigenvalue weighted by Crippen LogP contribution is 2.14. The van der Waals surface area contributed by atoms with Crippen LogP contribution in [0.3, 0.4) is 0 Å². The van der Waals surface area contributed by atoms with Crippen molar-refractivity contribution in [2.75, 3.05) is 12.5 Å². The molecule has 0 radical (unpaired) electrons. The topological polar surface area (TPSA) is 43.4 Å². The molecule has 0 heterocycles. The molecular weight excluding hydrogens is 272 g/mol. The lowest BCUT2D eigenvalue weighted by atomic mass is 10.2. The summed E-state index contributed by atoms with van der Waals surface area (Å²) in [6, 6.07) is 6.31. The van der Waals surface area contributed by atoms with Gasteiger partial charge in [-0.15, -0.1) is 11.6 Å². The van der Waals surface area contributed by atoms with Gasteiger partial charge < -0.3 is 0 Å². The predicted octanol–water partition coefficient (Wildman–Crippen LogP) is 3.37. The quantitative estimate of drug-likeness (QED) is 0.319. The van der Waals surface area contributed by atoms with E-state index < -0.39 is 10.1 Å². The van der Waals surface area contributed by atoms with Gasteiger partial charge in [0.1, 0.15) is 10.5 Å². The van der Waals surface area contributed by atoms with E-state index in [-0.39, 0.29) is 11.5 Å². The van der Waals surface area contributed by atoms with Gasteiger partial charge in [0.25, 0.3) is 10.1 Å². The zero-order valence-corrected chi connectivity index (χ0v) is 11.8.